The van der Waals surface area contributed by atoms with Gasteiger partial charge in [-0.05, 0) is 33.1 Å². The van der Waals surface area contributed by atoms with Gasteiger partial charge in [-0.3, -0.25) is 5.10 Å². The Morgan fingerprint density at radius 1 is 1.48 bits per heavy atom. The first kappa shape index (κ1) is 15.0. The highest BCUT2D eigenvalue weighted by Crippen LogP contribution is 2.24. The monoisotopic (exact) mass is 314 g/mol. The fraction of sp³-hybridized carbons (Fsp3) is 0.769. The van der Waals surface area contributed by atoms with Gasteiger partial charge in [-0.25, -0.2) is 13.1 Å². The van der Waals surface area contributed by atoms with Gasteiger partial charge in [-0.2, -0.15) is 5.10 Å². The van der Waals surface area contributed by atoms with E-state index in [-0.39, 0.29) is 5.03 Å². The molecule has 1 aromatic heterocycles. The molecule has 2 heterocycles. The molecule has 3 rings (SSSR count). The predicted molar refractivity (Wildman–Crippen MR) is 77.3 cm³/mol. The van der Waals surface area contributed by atoms with Crippen molar-refractivity contribution in [3.05, 3.63) is 11.3 Å². The molecule has 1 aromatic rings. The molecule has 2 fully saturated rings. The van der Waals surface area contributed by atoms with Crippen molar-refractivity contribution >= 4 is 10.0 Å². The summed E-state index contributed by atoms with van der Waals surface area (Å²) in [6.45, 7) is 5.20. The zero-order chi connectivity index (χ0) is 15.1. The molecule has 8 heteroatoms. The van der Waals surface area contributed by atoms with Gasteiger partial charge in [0.05, 0.1) is 12.1 Å². The highest BCUT2D eigenvalue weighted by atomic mass is 32.2. The summed E-state index contributed by atoms with van der Waals surface area (Å²) in [5.74, 6) is 0. The molecule has 3 N–H and O–H groups in total. The largest absolute Gasteiger partial charge is 0.379 e. The maximum atomic E-state index is 12.6. The molecule has 0 bridgehead atoms. The molecule has 0 radical (unpaired) electrons. The van der Waals surface area contributed by atoms with Gasteiger partial charge in [-0.15, -0.1) is 0 Å². The Morgan fingerprint density at radius 2 is 2.24 bits per heavy atom. The van der Waals surface area contributed by atoms with Crippen LogP contribution in [0.1, 0.15) is 37.4 Å². The summed E-state index contributed by atoms with van der Waals surface area (Å²) in [5, 5.41) is 10.2. The summed E-state index contributed by atoms with van der Waals surface area (Å²) in [6.07, 6.45) is 2.99. The summed E-state index contributed by atoms with van der Waals surface area (Å²) in [5.41, 5.74) is 0.959. The van der Waals surface area contributed by atoms with Crippen LogP contribution in [0.15, 0.2) is 5.03 Å². The third kappa shape index (κ3) is 3.28. The second-order valence-electron chi connectivity index (χ2n) is 6.26. The topological polar surface area (TPSA) is 96.1 Å². The molecule has 0 spiro atoms. The van der Waals surface area contributed by atoms with Gasteiger partial charge >= 0.3 is 0 Å². The van der Waals surface area contributed by atoms with Crippen molar-refractivity contribution < 1.29 is 13.2 Å². The lowest BCUT2D eigenvalue weighted by Crippen LogP contribution is -2.46. The number of aryl methyl sites for hydroxylation is 1. The Hall–Kier alpha value is -0.960. The predicted octanol–water partition coefficient (Wildman–Crippen LogP) is 0.427. The molecule has 0 aromatic carbocycles. The fourth-order valence-corrected chi connectivity index (χ4v) is 4.14. The normalized spacial score (nSPS) is 26.4. The van der Waals surface area contributed by atoms with Crippen molar-refractivity contribution in [1.29, 1.82) is 0 Å². The van der Waals surface area contributed by atoms with E-state index in [0.29, 0.717) is 32.2 Å². The molecule has 21 heavy (non-hydrogen) atoms. The van der Waals surface area contributed by atoms with Crippen molar-refractivity contribution in [3.63, 3.8) is 0 Å². The first-order valence-electron chi connectivity index (χ1n) is 7.29. The minimum atomic E-state index is -3.65. The Labute approximate surface area is 124 Å². The summed E-state index contributed by atoms with van der Waals surface area (Å²) < 4.78 is 33.3. The summed E-state index contributed by atoms with van der Waals surface area (Å²) in [4.78, 5) is 0. The number of hydrogen-bond donors (Lipinski definition) is 3. The third-order valence-electron chi connectivity index (χ3n) is 4.03. The molecule has 1 unspecified atom stereocenters. The number of aromatic nitrogens is 2. The summed E-state index contributed by atoms with van der Waals surface area (Å²) in [6, 6.07) is 0.517. The Balaban J connectivity index is 1.80. The fourth-order valence-electron chi connectivity index (χ4n) is 2.51. The quantitative estimate of drug-likeness (QED) is 0.707. The molecule has 1 saturated heterocycles. The second kappa shape index (κ2) is 5.35. The van der Waals surface area contributed by atoms with Crippen LogP contribution >= 0.6 is 0 Å². The van der Waals surface area contributed by atoms with Crippen molar-refractivity contribution in [2.75, 3.05) is 13.2 Å². The SMILES string of the molecule is Cc1[nH]nc(S(=O)(=O)NC2(C)CCOC2)c1CNC1CC1. The van der Waals surface area contributed by atoms with Crippen LogP contribution in [-0.4, -0.2) is 43.4 Å². The number of aromatic amines is 1. The molecule has 1 aliphatic heterocycles. The molecule has 118 valence electrons. The number of rotatable bonds is 6. The van der Waals surface area contributed by atoms with Gasteiger partial charge in [-0.1, -0.05) is 0 Å². The maximum absolute atomic E-state index is 12.6. The van der Waals surface area contributed by atoms with Crippen LogP contribution in [0.2, 0.25) is 0 Å². The number of nitrogens with zero attached hydrogens (tertiary/aromatic N) is 1. The lowest BCUT2D eigenvalue weighted by atomic mass is 10.0. The van der Waals surface area contributed by atoms with Crippen LogP contribution in [0.4, 0.5) is 0 Å². The van der Waals surface area contributed by atoms with E-state index in [1.165, 1.54) is 0 Å². The van der Waals surface area contributed by atoms with Gasteiger partial charge in [0.25, 0.3) is 10.0 Å². The average Bonchev–Trinajstić information content (AvgIpc) is 3.02. The van der Waals surface area contributed by atoms with Gasteiger partial charge in [0.1, 0.15) is 0 Å². The van der Waals surface area contributed by atoms with E-state index in [1.807, 2.05) is 13.8 Å². The number of hydrogen-bond acceptors (Lipinski definition) is 5. The number of sulfonamides is 1. The van der Waals surface area contributed by atoms with E-state index in [4.69, 9.17) is 4.74 Å². The second-order valence-corrected chi connectivity index (χ2v) is 7.85. The first-order valence-corrected chi connectivity index (χ1v) is 8.77. The van der Waals surface area contributed by atoms with E-state index >= 15 is 0 Å². The Morgan fingerprint density at radius 3 is 2.86 bits per heavy atom. The van der Waals surface area contributed by atoms with Gasteiger partial charge in [0, 0.05) is 30.5 Å². The minimum Gasteiger partial charge on any atom is -0.379 e. The zero-order valence-electron chi connectivity index (χ0n) is 12.4. The molecular weight excluding hydrogens is 292 g/mol. The molecular formula is C13H22N4O3S. The molecule has 7 nitrogen and oxygen atoms in total. The molecule has 0 amide bonds. The smallest absolute Gasteiger partial charge is 0.260 e. The lowest BCUT2D eigenvalue weighted by molar-refractivity contribution is 0.178. The van der Waals surface area contributed by atoms with E-state index in [9.17, 15) is 8.42 Å². The third-order valence-corrected chi connectivity index (χ3v) is 5.64. The number of ether oxygens (including phenoxy) is 1. The Kier molecular flexibility index (Phi) is 3.81. The molecule has 1 atom stereocenters. The molecule has 1 aliphatic carbocycles. The standard InChI is InChI=1S/C13H22N4O3S/c1-9-11(7-14-10-3-4-10)12(16-15-9)21(18,19)17-13(2)5-6-20-8-13/h10,14,17H,3-8H2,1-2H3,(H,15,16). The van der Waals surface area contributed by atoms with Crippen LogP contribution in [0, 0.1) is 6.92 Å². The van der Waals surface area contributed by atoms with Crippen molar-refractivity contribution in [2.45, 2.75) is 56.3 Å². The van der Waals surface area contributed by atoms with Crippen LogP contribution in [0.25, 0.3) is 0 Å². The molecule has 2 aliphatic rings. The van der Waals surface area contributed by atoms with E-state index in [1.54, 1.807) is 0 Å². The summed E-state index contributed by atoms with van der Waals surface area (Å²) >= 11 is 0. The van der Waals surface area contributed by atoms with Gasteiger partial charge in [0.15, 0.2) is 5.03 Å². The van der Waals surface area contributed by atoms with Gasteiger partial charge in [0.2, 0.25) is 0 Å². The molecule has 1 saturated carbocycles. The maximum Gasteiger partial charge on any atom is 0.260 e. The number of H-pyrrole nitrogens is 1. The highest BCUT2D eigenvalue weighted by molar-refractivity contribution is 7.89. The first-order chi connectivity index (χ1) is 9.90. The average molecular weight is 314 g/mol. The Bertz CT molecular complexity index is 615. The van der Waals surface area contributed by atoms with Crippen LogP contribution < -0.4 is 10.0 Å². The van der Waals surface area contributed by atoms with Crippen LogP contribution in [0.5, 0.6) is 0 Å². The van der Waals surface area contributed by atoms with Crippen LogP contribution in [-0.2, 0) is 21.3 Å². The highest BCUT2D eigenvalue weighted by Gasteiger charge is 2.36. The van der Waals surface area contributed by atoms with Crippen LogP contribution in [0.3, 0.4) is 0 Å². The van der Waals surface area contributed by atoms with Crippen molar-refractivity contribution in [1.82, 2.24) is 20.2 Å². The van der Waals surface area contributed by atoms with E-state index in [2.05, 4.69) is 20.2 Å². The summed E-state index contributed by atoms with van der Waals surface area (Å²) in [7, 11) is -3.65. The van der Waals surface area contributed by atoms with Crippen molar-refractivity contribution in [3.8, 4) is 0 Å². The lowest BCUT2D eigenvalue weighted by Gasteiger charge is -2.22. The number of nitrogens with one attached hydrogen (secondary N) is 3. The minimum absolute atomic E-state index is 0.0984. The van der Waals surface area contributed by atoms with Gasteiger partial charge < -0.3 is 10.1 Å². The van der Waals surface area contributed by atoms with Crippen molar-refractivity contribution in [2.24, 2.45) is 0 Å². The zero-order valence-corrected chi connectivity index (χ0v) is 13.2. The van der Waals surface area contributed by atoms with E-state index < -0.39 is 15.6 Å². The van der Waals surface area contributed by atoms with E-state index in [0.717, 1.165) is 24.1 Å².